The summed E-state index contributed by atoms with van der Waals surface area (Å²) in [5, 5.41) is 8.09. The number of nitrogens with one attached hydrogen (secondary N) is 1. The fourth-order valence-corrected chi connectivity index (χ4v) is 5.49. The van der Waals surface area contributed by atoms with Gasteiger partial charge in [0.25, 0.3) is 5.91 Å². The molecule has 1 atom stereocenters. The first kappa shape index (κ1) is 24.3. The third-order valence-corrected chi connectivity index (χ3v) is 7.97. The number of benzene rings is 2. The van der Waals surface area contributed by atoms with E-state index < -0.39 is 5.54 Å². The van der Waals surface area contributed by atoms with Gasteiger partial charge in [-0.15, -0.1) is 0 Å². The molecule has 0 radical (unpaired) electrons. The number of aryl methyl sites for hydroxylation is 2. The van der Waals surface area contributed by atoms with E-state index in [1.54, 1.807) is 9.58 Å². The number of carbonyl (C=O) groups excluding carboxylic acids is 2. The Morgan fingerprint density at radius 2 is 1.81 bits per heavy atom. The van der Waals surface area contributed by atoms with Gasteiger partial charge >= 0.3 is 0 Å². The van der Waals surface area contributed by atoms with Crippen LogP contribution in [0.15, 0.2) is 54.6 Å². The molecule has 2 aliphatic rings. The second-order valence-electron chi connectivity index (χ2n) is 10.5. The van der Waals surface area contributed by atoms with Crippen LogP contribution in [0.5, 0.6) is 0 Å². The van der Waals surface area contributed by atoms with E-state index in [4.69, 9.17) is 5.10 Å². The molecule has 2 aromatic carbocycles. The Labute approximate surface area is 213 Å². The minimum absolute atomic E-state index is 0.0914. The van der Waals surface area contributed by atoms with E-state index in [1.165, 1.54) is 12.0 Å². The quantitative estimate of drug-likeness (QED) is 0.517. The first-order valence-electron chi connectivity index (χ1n) is 13.2. The highest BCUT2D eigenvalue weighted by molar-refractivity contribution is 6.00. The molecule has 36 heavy (non-hydrogen) atoms. The molecule has 1 aliphatic heterocycles. The lowest BCUT2D eigenvalue weighted by atomic mass is 9.91. The molecule has 0 spiro atoms. The van der Waals surface area contributed by atoms with Gasteiger partial charge in [-0.1, -0.05) is 74.7 Å². The van der Waals surface area contributed by atoms with Crippen LogP contribution in [0.4, 0.5) is 0 Å². The highest BCUT2D eigenvalue weighted by atomic mass is 16.2. The van der Waals surface area contributed by atoms with Crippen LogP contribution in [0, 0.1) is 6.92 Å². The molecule has 1 saturated carbocycles. The van der Waals surface area contributed by atoms with E-state index >= 15 is 0 Å². The molecule has 1 aliphatic carbocycles. The van der Waals surface area contributed by atoms with Gasteiger partial charge in [0.05, 0.1) is 12.2 Å². The molecule has 5 rings (SSSR count). The van der Waals surface area contributed by atoms with Crippen LogP contribution in [0.1, 0.15) is 73.1 Å². The van der Waals surface area contributed by atoms with Crippen LogP contribution in [0.25, 0.3) is 11.3 Å². The average molecular weight is 485 g/mol. The lowest BCUT2D eigenvalue weighted by Gasteiger charge is -2.44. The molecule has 0 saturated heterocycles. The van der Waals surface area contributed by atoms with Gasteiger partial charge in [-0.05, 0) is 55.9 Å². The predicted molar refractivity (Wildman–Crippen MR) is 142 cm³/mol. The first-order valence-corrected chi connectivity index (χ1v) is 13.2. The molecular weight excluding hydrogens is 448 g/mol. The molecule has 2 heterocycles. The summed E-state index contributed by atoms with van der Waals surface area (Å²) in [6.45, 7) is 6.77. The van der Waals surface area contributed by atoms with E-state index in [9.17, 15) is 9.59 Å². The molecule has 1 unspecified atom stereocenters. The Morgan fingerprint density at radius 3 is 2.50 bits per heavy atom. The smallest absolute Gasteiger partial charge is 0.273 e. The number of nitrogens with zero attached hydrogens (tertiary/aromatic N) is 3. The van der Waals surface area contributed by atoms with Crippen LogP contribution in [-0.2, 0) is 24.3 Å². The van der Waals surface area contributed by atoms with Crippen molar-refractivity contribution in [3.05, 3.63) is 77.0 Å². The number of hydrogen-bond donors (Lipinski definition) is 1. The van der Waals surface area contributed by atoms with Gasteiger partial charge < -0.3 is 10.2 Å². The maximum Gasteiger partial charge on any atom is 0.273 e. The Hall–Kier alpha value is -3.41. The summed E-state index contributed by atoms with van der Waals surface area (Å²) in [5.74, 6) is -0.249. The normalized spacial score (nSPS) is 20.3. The summed E-state index contributed by atoms with van der Waals surface area (Å²) >= 11 is 0. The van der Waals surface area contributed by atoms with Crippen LogP contribution in [0.2, 0.25) is 0 Å². The Bertz CT molecular complexity index is 1260. The Balaban J connectivity index is 1.51. The van der Waals surface area contributed by atoms with Crippen LogP contribution < -0.4 is 5.32 Å². The van der Waals surface area contributed by atoms with Crippen molar-refractivity contribution in [2.75, 3.05) is 0 Å². The topological polar surface area (TPSA) is 67.2 Å². The zero-order valence-electron chi connectivity index (χ0n) is 21.6. The minimum Gasteiger partial charge on any atom is -0.351 e. The van der Waals surface area contributed by atoms with Crippen LogP contribution >= 0.6 is 0 Å². The predicted octanol–water partition coefficient (Wildman–Crippen LogP) is 5.28. The van der Waals surface area contributed by atoms with E-state index in [0.29, 0.717) is 18.8 Å². The molecule has 1 aromatic heterocycles. The number of fused-ring (bicyclic) bond motifs is 1. The maximum atomic E-state index is 14.0. The molecule has 1 N–H and O–H groups in total. The average Bonchev–Trinajstić information content (AvgIpc) is 3.32. The van der Waals surface area contributed by atoms with Gasteiger partial charge in [0, 0.05) is 18.2 Å². The number of rotatable bonds is 6. The van der Waals surface area contributed by atoms with Gasteiger partial charge in [0.2, 0.25) is 5.91 Å². The van der Waals surface area contributed by atoms with Crippen LogP contribution in [0.3, 0.4) is 0 Å². The lowest BCUT2D eigenvalue weighted by Crippen LogP contribution is -2.64. The lowest BCUT2D eigenvalue weighted by molar-refractivity contribution is -0.134. The van der Waals surface area contributed by atoms with Gasteiger partial charge in [0.1, 0.15) is 11.2 Å². The third kappa shape index (κ3) is 4.57. The van der Waals surface area contributed by atoms with Crippen molar-refractivity contribution in [1.82, 2.24) is 20.0 Å². The van der Waals surface area contributed by atoms with Gasteiger partial charge in [0.15, 0.2) is 0 Å². The van der Waals surface area contributed by atoms with E-state index in [1.807, 2.05) is 44.2 Å². The standard InChI is InChI=1S/C30H36N4O2/c1-4-22-14-16-23(17-15-22)26-18-27-28(35)33(19-24-11-9-8-10-21(24)2)30(3,20-34(27)32-26)29(36)31-25-12-6-5-7-13-25/h8-11,14-18,25H,4-7,12-13,19-20H2,1-3H3,(H,31,36). The first-order chi connectivity index (χ1) is 17.4. The second kappa shape index (κ2) is 9.92. The van der Waals surface area contributed by atoms with Gasteiger partial charge in [-0.3, -0.25) is 14.3 Å². The van der Waals surface area contributed by atoms with E-state index in [2.05, 4.69) is 36.5 Å². The molecule has 6 nitrogen and oxygen atoms in total. The van der Waals surface area contributed by atoms with Gasteiger partial charge in [-0.25, -0.2) is 0 Å². The Kier molecular flexibility index (Phi) is 6.69. The molecule has 0 bridgehead atoms. The minimum atomic E-state index is -1.04. The van der Waals surface area contributed by atoms with Crippen molar-refractivity contribution in [2.45, 2.75) is 84.0 Å². The maximum absolute atomic E-state index is 14.0. The number of aromatic nitrogens is 2. The summed E-state index contributed by atoms with van der Waals surface area (Å²) in [6, 6.07) is 18.4. The number of carbonyl (C=O) groups is 2. The van der Waals surface area contributed by atoms with Crippen molar-refractivity contribution in [3.63, 3.8) is 0 Å². The summed E-state index contributed by atoms with van der Waals surface area (Å²) in [5.41, 5.74) is 4.63. The van der Waals surface area contributed by atoms with Crippen molar-refractivity contribution < 1.29 is 9.59 Å². The van der Waals surface area contributed by atoms with E-state index in [0.717, 1.165) is 54.5 Å². The van der Waals surface area contributed by atoms with Crippen molar-refractivity contribution in [1.29, 1.82) is 0 Å². The molecule has 6 heteroatoms. The highest BCUT2D eigenvalue weighted by Crippen LogP contribution is 2.32. The highest BCUT2D eigenvalue weighted by Gasteiger charge is 2.48. The van der Waals surface area contributed by atoms with Crippen molar-refractivity contribution in [3.8, 4) is 11.3 Å². The SMILES string of the molecule is CCc1ccc(-c2cc3n(n2)CC(C)(C(=O)NC2CCCCC2)N(Cc2ccccc2C)C3=O)cc1. The number of amides is 2. The van der Waals surface area contributed by atoms with E-state index in [-0.39, 0.29) is 17.9 Å². The van der Waals surface area contributed by atoms with Gasteiger partial charge in [-0.2, -0.15) is 5.10 Å². The largest absolute Gasteiger partial charge is 0.351 e. The monoisotopic (exact) mass is 484 g/mol. The fourth-order valence-electron chi connectivity index (χ4n) is 5.49. The second-order valence-corrected chi connectivity index (χ2v) is 10.5. The summed E-state index contributed by atoms with van der Waals surface area (Å²) in [4.78, 5) is 29.6. The molecular formula is C30H36N4O2. The summed E-state index contributed by atoms with van der Waals surface area (Å²) in [6.07, 6.45) is 6.46. The summed E-state index contributed by atoms with van der Waals surface area (Å²) < 4.78 is 1.74. The third-order valence-electron chi connectivity index (χ3n) is 7.97. The molecule has 3 aromatic rings. The zero-order chi connectivity index (χ0) is 25.3. The molecule has 188 valence electrons. The number of hydrogen-bond acceptors (Lipinski definition) is 3. The summed E-state index contributed by atoms with van der Waals surface area (Å²) in [7, 11) is 0. The molecule has 1 fully saturated rings. The Morgan fingerprint density at radius 1 is 1.08 bits per heavy atom. The fraction of sp³-hybridized carbons (Fsp3) is 0.433. The van der Waals surface area contributed by atoms with Crippen molar-refractivity contribution in [2.24, 2.45) is 0 Å². The zero-order valence-corrected chi connectivity index (χ0v) is 21.6. The molecule has 2 amide bonds. The van der Waals surface area contributed by atoms with Crippen LogP contribution in [-0.4, -0.2) is 38.1 Å². The van der Waals surface area contributed by atoms with Crippen molar-refractivity contribution >= 4 is 11.8 Å².